The molecule has 0 saturated heterocycles. The number of aliphatic hydroxyl groups excluding tert-OH is 1. The van der Waals surface area contributed by atoms with Crippen LogP contribution in [0.1, 0.15) is 13.3 Å². The number of rotatable bonds is 8. The van der Waals surface area contributed by atoms with Gasteiger partial charge >= 0.3 is 0 Å². The van der Waals surface area contributed by atoms with E-state index in [0.717, 1.165) is 13.0 Å². The Balaban J connectivity index is 2.35. The van der Waals surface area contributed by atoms with E-state index in [1.54, 1.807) is 0 Å². The molecule has 0 heterocycles. The van der Waals surface area contributed by atoms with Crippen molar-refractivity contribution in [3.05, 3.63) is 30.1 Å². The molecule has 0 aromatic heterocycles. The molecule has 1 aromatic carbocycles. The molecular formula is C14H19FN2O2. The maximum absolute atomic E-state index is 12.7. The van der Waals surface area contributed by atoms with Crippen molar-refractivity contribution in [3.63, 3.8) is 0 Å². The first-order valence-electron chi connectivity index (χ1n) is 6.31. The molecule has 0 aliphatic rings. The normalized spacial score (nSPS) is 12.2. The summed E-state index contributed by atoms with van der Waals surface area (Å²) >= 11 is 0. The number of halogens is 1. The molecular weight excluding hydrogens is 247 g/mol. The lowest BCUT2D eigenvalue weighted by molar-refractivity contribution is 0.0724. The second-order valence-electron chi connectivity index (χ2n) is 4.31. The average molecular weight is 266 g/mol. The van der Waals surface area contributed by atoms with Crippen molar-refractivity contribution < 1.29 is 14.2 Å². The fourth-order valence-electron chi connectivity index (χ4n) is 1.73. The molecule has 1 rings (SSSR count). The zero-order valence-electron chi connectivity index (χ0n) is 11.1. The van der Waals surface area contributed by atoms with Gasteiger partial charge in [0.2, 0.25) is 0 Å². The van der Waals surface area contributed by atoms with Crippen molar-refractivity contribution in [2.45, 2.75) is 19.4 Å². The first-order chi connectivity index (χ1) is 9.15. The van der Waals surface area contributed by atoms with Gasteiger partial charge in [0.25, 0.3) is 0 Å². The zero-order chi connectivity index (χ0) is 14.1. The number of aliphatic hydroxyl groups is 1. The largest absolute Gasteiger partial charge is 0.491 e. The Morgan fingerprint density at radius 2 is 2.11 bits per heavy atom. The van der Waals surface area contributed by atoms with Crippen molar-refractivity contribution in [1.29, 1.82) is 5.26 Å². The monoisotopic (exact) mass is 266 g/mol. The first kappa shape index (κ1) is 15.4. The third-order valence-electron chi connectivity index (χ3n) is 2.56. The summed E-state index contributed by atoms with van der Waals surface area (Å²) in [4.78, 5) is 1.87. The van der Waals surface area contributed by atoms with Crippen LogP contribution in [-0.4, -0.2) is 42.4 Å². The molecule has 0 aliphatic heterocycles. The lowest BCUT2D eigenvalue weighted by Gasteiger charge is -2.21. The number of hydrogen-bond donors (Lipinski definition) is 1. The van der Waals surface area contributed by atoms with Crippen molar-refractivity contribution in [1.82, 2.24) is 4.90 Å². The van der Waals surface area contributed by atoms with E-state index in [1.165, 1.54) is 24.3 Å². The van der Waals surface area contributed by atoms with Crippen LogP contribution in [0.2, 0.25) is 0 Å². The molecule has 0 bridgehead atoms. The Labute approximate surface area is 113 Å². The molecule has 0 radical (unpaired) electrons. The van der Waals surface area contributed by atoms with Gasteiger partial charge in [0.15, 0.2) is 0 Å². The Morgan fingerprint density at radius 3 is 2.68 bits per heavy atom. The molecule has 0 aliphatic carbocycles. The maximum Gasteiger partial charge on any atom is 0.123 e. The van der Waals surface area contributed by atoms with Gasteiger partial charge in [-0.05, 0) is 37.2 Å². The summed E-state index contributed by atoms with van der Waals surface area (Å²) in [5.74, 6) is 0.193. The highest BCUT2D eigenvalue weighted by molar-refractivity contribution is 5.22. The molecule has 0 saturated carbocycles. The van der Waals surface area contributed by atoms with Crippen molar-refractivity contribution in [3.8, 4) is 11.8 Å². The molecule has 0 spiro atoms. The average Bonchev–Trinajstić information content (AvgIpc) is 2.39. The van der Waals surface area contributed by atoms with Gasteiger partial charge in [0, 0.05) is 6.54 Å². The molecule has 1 atom stereocenters. The van der Waals surface area contributed by atoms with Gasteiger partial charge in [-0.25, -0.2) is 4.39 Å². The molecule has 1 N–H and O–H groups in total. The minimum atomic E-state index is -0.676. The number of hydrogen-bond acceptors (Lipinski definition) is 4. The fraction of sp³-hybridized carbons (Fsp3) is 0.500. The third-order valence-corrected chi connectivity index (χ3v) is 2.56. The molecule has 5 heteroatoms. The highest BCUT2D eigenvalue weighted by Crippen LogP contribution is 2.11. The molecule has 104 valence electrons. The highest BCUT2D eigenvalue weighted by atomic mass is 19.1. The van der Waals surface area contributed by atoms with Gasteiger partial charge in [-0.15, -0.1) is 0 Å². The molecule has 1 unspecified atom stereocenters. The van der Waals surface area contributed by atoms with E-state index >= 15 is 0 Å². The Kier molecular flexibility index (Phi) is 6.86. The second-order valence-corrected chi connectivity index (χ2v) is 4.31. The van der Waals surface area contributed by atoms with E-state index in [1.807, 2.05) is 11.8 Å². The molecule has 0 fully saturated rings. The number of nitrogens with zero attached hydrogens (tertiary/aromatic N) is 2. The smallest absolute Gasteiger partial charge is 0.123 e. The first-order valence-corrected chi connectivity index (χ1v) is 6.31. The van der Waals surface area contributed by atoms with Crippen molar-refractivity contribution in [2.24, 2.45) is 0 Å². The van der Waals surface area contributed by atoms with Crippen molar-refractivity contribution in [2.75, 3.05) is 26.2 Å². The van der Waals surface area contributed by atoms with Crippen LogP contribution < -0.4 is 4.74 Å². The third kappa shape index (κ3) is 6.18. The number of ether oxygens (including phenoxy) is 1. The summed E-state index contributed by atoms with van der Waals surface area (Å²) in [5, 5.41) is 18.5. The van der Waals surface area contributed by atoms with E-state index in [4.69, 9.17) is 10.00 Å². The van der Waals surface area contributed by atoms with Crippen LogP contribution in [0.4, 0.5) is 4.39 Å². The fourth-order valence-corrected chi connectivity index (χ4v) is 1.73. The van der Waals surface area contributed by atoms with E-state index in [2.05, 4.69) is 6.07 Å². The Hall–Kier alpha value is -1.64. The SMILES string of the molecule is CCCN(CC#N)CC(O)COc1ccc(F)cc1. The maximum atomic E-state index is 12.7. The van der Waals surface area contributed by atoms with Crippen LogP contribution in [0.25, 0.3) is 0 Å². The predicted octanol–water partition coefficient (Wildman–Crippen LogP) is 1.80. The summed E-state index contributed by atoms with van der Waals surface area (Å²) in [7, 11) is 0. The molecule has 1 aromatic rings. The highest BCUT2D eigenvalue weighted by Gasteiger charge is 2.11. The standard InChI is InChI=1S/C14H19FN2O2/c1-2-8-17(9-7-16)10-13(18)11-19-14-5-3-12(15)4-6-14/h3-6,13,18H,2,8-11H2,1H3. The summed E-state index contributed by atoms with van der Waals surface area (Å²) in [6.07, 6.45) is 0.248. The van der Waals surface area contributed by atoms with Gasteiger partial charge < -0.3 is 9.84 Å². The van der Waals surface area contributed by atoms with Crippen LogP contribution in [0, 0.1) is 17.1 Å². The summed E-state index contributed by atoms with van der Waals surface area (Å²) in [5.41, 5.74) is 0. The summed E-state index contributed by atoms with van der Waals surface area (Å²) < 4.78 is 18.0. The lowest BCUT2D eigenvalue weighted by atomic mass is 10.3. The Morgan fingerprint density at radius 1 is 1.42 bits per heavy atom. The van der Waals surface area contributed by atoms with Gasteiger partial charge in [0.1, 0.15) is 24.3 Å². The lowest BCUT2D eigenvalue weighted by Crippen LogP contribution is -2.36. The van der Waals surface area contributed by atoms with Gasteiger partial charge in [0.05, 0.1) is 12.6 Å². The quantitative estimate of drug-likeness (QED) is 0.729. The predicted molar refractivity (Wildman–Crippen MR) is 70.2 cm³/mol. The van der Waals surface area contributed by atoms with Crippen LogP contribution in [0.3, 0.4) is 0 Å². The van der Waals surface area contributed by atoms with Gasteiger partial charge in [-0.2, -0.15) is 5.26 Å². The van der Waals surface area contributed by atoms with Gasteiger partial charge in [-0.3, -0.25) is 4.90 Å². The zero-order valence-corrected chi connectivity index (χ0v) is 11.1. The minimum absolute atomic E-state index is 0.122. The van der Waals surface area contributed by atoms with Crippen molar-refractivity contribution >= 4 is 0 Å². The molecule has 19 heavy (non-hydrogen) atoms. The van der Waals surface area contributed by atoms with Crippen LogP contribution in [0.5, 0.6) is 5.75 Å². The van der Waals surface area contributed by atoms with E-state index < -0.39 is 6.10 Å². The van der Waals surface area contributed by atoms with Crippen LogP contribution in [0.15, 0.2) is 24.3 Å². The minimum Gasteiger partial charge on any atom is -0.491 e. The van der Waals surface area contributed by atoms with Crippen LogP contribution in [-0.2, 0) is 0 Å². The Bertz CT molecular complexity index is 403. The van der Waals surface area contributed by atoms with E-state index in [9.17, 15) is 9.50 Å². The number of nitriles is 1. The second kappa shape index (κ2) is 8.46. The van der Waals surface area contributed by atoms with E-state index in [-0.39, 0.29) is 12.4 Å². The summed E-state index contributed by atoms with van der Waals surface area (Å²) in [6.45, 7) is 3.59. The summed E-state index contributed by atoms with van der Waals surface area (Å²) in [6, 6.07) is 7.71. The van der Waals surface area contributed by atoms with Crippen LogP contribution >= 0.6 is 0 Å². The van der Waals surface area contributed by atoms with E-state index in [0.29, 0.717) is 18.8 Å². The molecule has 0 amide bonds. The molecule has 4 nitrogen and oxygen atoms in total. The topological polar surface area (TPSA) is 56.5 Å². The van der Waals surface area contributed by atoms with Gasteiger partial charge in [-0.1, -0.05) is 6.92 Å². The number of benzene rings is 1.